The van der Waals surface area contributed by atoms with E-state index in [1.54, 1.807) is 4.52 Å². The van der Waals surface area contributed by atoms with Gasteiger partial charge in [0.25, 0.3) is 5.78 Å². The fraction of sp³-hybridized carbons (Fsp3) is 0.333. The average Bonchev–Trinajstić information content (AvgIpc) is 3.04. The van der Waals surface area contributed by atoms with Crippen LogP contribution in [0.5, 0.6) is 0 Å². The van der Waals surface area contributed by atoms with Gasteiger partial charge in [-0.3, -0.25) is 4.79 Å². The van der Waals surface area contributed by atoms with Gasteiger partial charge in [-0.1, -0.05) is 30.3 Å². The number of halogens is 1. The Hall–Kier alpha value is -2.51. The molecule has 0 unspecified atom stereocenters. The molecule has 1 amide bonds. The number of benzene rings is 1. The van der Waals surface area contributed by atoms with Crippen molar-refractivity contribution in [1.82, 2.24) is 24.9 Å². The molecule has 26 heavy (non-hydrogen) atoms. The van der Waals surface area contributed by atoms with Crippen molar-refractivity contribution in [3.63, 3.8) is 0 Å². The van der Waals surface area contributed by atoms with Crippen LogP contribution >= 0.6 is 12.4 Å². The van der Waals surface area contributed by atoms with Crippen LogP contribution in [0.3, 0.4) is 0 Å². The second kappa shape index (κ2) is 8.73. The summed E-state index contributed by atoms with van der Waals surface area (Å²) >= 11 is 0. The number of aromatic nitrogens is 4. The van der Waals surface area contributed by atoms with Gasteiger partial charge in [0.2, 0.25) is 5.91 Å². The molecule has 0 radical (unpaired) electrons. The molecule has 0 saturated heterocycles. The first-order chi connectivity index (χ1) is 12.1. The summed E-state index contributed by atoms with van der Waals surface area (Å²) in [6.45, 7) is 4.71. The van der Waals surface area contributed by atoms with Crippen LogP contribution < -0.4 is 11.1 Å². The Morgan fingerprint density at radius 2 is 1.92 bits per heavy atom. The second-order valence-electron chi connectivity index (χ2n) is 5.97. The summed E-state index contributed by atoms with van der Waals surface area (Å²) in [6.07, 6.45) is 1.01. The van der Waals surface area contributed by atoms with Gasteiger partial charge in [0.05, 0.1) is 6.54 Å². The van der Waals surface area contributed by atoms with E-state index >= 15 is 0 Å². The summed E-state index contributed by atoms with van der Waals surface area (Å²) in [5.41, 5.74) is 9.53. The maximum atomic E-state index is 12.1. The highest BCUT2D eigenvalue weighted by Gasteiger charge is 2.14. The second-order valence-corrected chi connectivity index (χ2v) is 5.97. The van der Waals surface area contributed by atoms with E-state index in [-0.39, 0.29) is 24.9 Å². The first-order valence-electron chi connectivity index (χ1n) is 8.31. The maximum absolute atomic E-state index is 12.1. The zero-order valence-corrected chi connectivity index (χ0v) is 15.7. The topological polar surface area (TPSA) is 98.2 Å². The summed E-state index contributed by atoms with van der Waals surface area (Å²) in [7, 11) is 0. The van der Waals surface area contributed by atoms with Gasteiger partial charge in [-0.2, -0.15) is 4.98 Å². The number of carbonyl (C=O) groups is 1. The fourth-order valence-electron chi connectivity index (χ4n) is 2.82. The normalized spacial score (nSPS) is 10.6. The first-order valence-corrected chi connectivity index (χ1v) is 8.31. The van der Waals surface area contributed by atoms with E-state index in [4.69, 9.17) is 5.73 Å². The average molecular weight is 375 g/mol. The highest BCUT2D eigenvalue weighted by Crippen LogP contribution is 2.15. The van der Waals surface area contributed by atoms with Crippen LogP contribution in [0.4, 0.5) is 0 Å². The van der Waals surface area contributed by atoms with Crippen molar-refractivity contribution in [2.75, 3.05) is 0 Å². The van der Waals surface area contributed by atoms with Gasteiger partial charge in [-0.15, -0.1) is 17.5 Å². The van der Waals surface area contributed by atoms with Gasteiger partial charge < -0.3 is 11.1 Å². The minimum Gasteiger partial charge on any atom is -0.352 e. The minimum atomic E-state index is 0. The largest absolute Gasteiger partial charge is 0.352 e. The Labute approximate surface area is 158 Å². The van der Waals surface area contributed by atoms with Crippen molar-refractivity contribution in [2.45, 2.75) is 39.8 Å². The Morgan fingerprint density at radius 1 is 1.19 bits per heavy atom. The van der Waals surface area contributed by atoms with E-state index in [1.165, 1.54) is 0 Å². The number of nitrogens with one attached hydrogen (secondary N) is 1. The highest BCUT2D eigenvalue weighted by molar-refractivity contribution is 5.85. The lowest BCUT2D eigenvalue weighted by Crippen LogP contribution is -2.23. The molecule has 138 valence electrons. The monoisotopic (exact) mass is 374 g/mol. The number of nitrogens with zero attached hydrogens (tertiary/aromatic N) is 4. The summed E-state index contributed by atoms with van der Waals surface area (Å²) in [4.78, 5) is 20.9. The SMILES string of the molecule is Cc1nc2nc(CN)nn2c(C)c1CCC(=O)NCc1ccccc1.Cl. The number of aryl methyl sites for hydroxylation is 2. The molecule has 0 aliphatic heterocycles. The van der Waals surface area contributed by atoms with Crippen molar-refractivity contribution in [2.24, 2.45) is 5.73 Å². The molecule has 1 aromatic carbocycles. The summed E-state index contributed by atoms with van der Waals surface area (Å²) in [5, 5.41) is 7.30. The maximum Gasteiger partial charge on any atom is 0.252 e. The van der Waals surface area contributed by atoms with E-state index in [2.05, 4.69) is 20.4 Å². The smallest absolute Gasteiger partial charge is 0.252 e. The van der Waals surface area contributed by atoms with Crippen molar-refractivity contribution < 1.29 is 4.79 Å². The molecule has 3 rings (SSSR count). The zero-order chi connectivity index (χ0) is 17.8. The van der Waals surface area contributed by atoms with Crippen LogP contribution in [0.2, 0.25) is 0 Å². The number of fused-ring (bicyclic) bond motifs is 1. The molecule has 0 aliphatic carbocycles. The fourth-order valence-corrected chi connectivity index (χ4v) is 2.82. The van der Waals surface area contributed by atoms with Gasteiger partial charge >= 0.3 is 0 Å². The lowest BCUT2D eigenvalue weighted by molar-refractivity contribution is -0.121. The molecule has 2 heterocycles. The molecule has 0 bridgehead atoms. The van der Waals surface area contributed by atoms with E-state index in [0.717, 1.165) is 22.5 Å². The molecule has 0 atom stereocenters. The minimum absolute atomic E-state index is 0. The Morgan fingerprint density at radius 3 is 2.62 bits per heavy atom. The highest BCUT2D eigenvalue weighted by atomic mass is 35.5. The van der Waals surface area contributed by atoms with E-state index in [9.17, 15) is 4.79 Å². The molecule has 7 nitrogen and oxygen atoms in total. The molecule has 8 heteroatoms. The molecular weight excluding hydrogens is 352 g/mol. The predicted molar refractivity (Wildman–Crippen MR) is 102 cm³/mol. The number of rotatable bonds is 6. The molecule has 0 aliphatic rings. The van der Waals surface area contributed by atoms with Crippen LogP contribution in [0.25, 0.3) is 5.78 Å². The molecule has 0 saturated carbocycles. The third-order valence-electron chi connectivity index (χ3n) is 4.21. The number of nitrogens with two attached hydrogens (primary N) is 1. The number of hydrogen-bond acceptors (Lipinski definition) is 5. The molecule has 3 aromatic rings. The summed E-state index contributed by atoms with van der Waals surface area (Å²) in [6, 6.07) is 9.87. The van der Waals surface area contributed by atoms with Crippen LogP contribution in [0.15, 0.2) is 30.3 Å². The van der Waals surface area contributed by atoms with Gasteiger partial charge in [0, 0.05) is 24.4 Å². The molecular formula is C18H23ClN6O. The molecule has 0 spiro atoms. The predicted octanol–water partition coefficient (Wildman–Crippen LogP) is 1.87. The van der Waals surface area contributed by atoms with E-state index < -0.39 is 0 Å². The summed E-state index contributed by atoms with van der Waals surface area (Å²) in [5.74, 6) is 1.13. The summed E-state index contributed by atoms with van der Waals surface area (Å²) < 4.78 is 1.70. The van der Waals surface area contributed by atoms with Crippen LogP contribution in [0.1, 0.15) is 34.8 Å². The Balaban J connectivity index is 0.00000243. The lowest BCUT2D eigenvalue weighted by atomic mass is 10.1. The van der Waals surface area contributed by atoms with Crippen molar-refractivity contribution in [3.05, 3.63) is 58.7 Å². The van der Waals surface area contributed by atoms with E-state index in [1.807, 2.05) is 44.2 Å². The Kier molecular flexibility index (Phi) is 6.65. The van der Waals surface area contributed by atoms with Gasteiger partial charge in [0.1, 0.15) is 0 Å². The number of carbonyl (C=O) groups excluding carboxylic acids is 1. The molecule has 2 aromatic heterocycles. The van der Waals surface area contributed by atoms with Crippen molar-refractivity contribution in [1.29, 1.82) is 0 Å². The first kappa shape index (κ1) is 19.8. The van der Waals surface area contributed by atoms with Crippen LogP contribution in [-0.2, 0) is 24.3 Å². The lowest BCUT2D eigenvalue weighted by Gasteiger charge is -2.10. The third kappa shape index (κ3) is 4.36. The van der Waals surface area contributed by atoms with Crippen molar-refractivity contribution in [3.8, 4) is 0 Å². The van der Waals surface area contributed by atoms with Crippen LogP contribution in [-0.4, -0.2) is 25.5 Å². The van der Waals surface area contributed by atoms with Crippen molar-refractivity contribution >= 4 is 24.1 Å². The number of hydrogen-bond donors (Lipinski definition) is 2. The Bertz CT molecular complexity index is 894. The quantitative estimate of drug-likeness (QED) is 0.686. The molecule has 3 N–H and O–H groups in total. The van der Waals surface area contributed by atoms with Gasteiger partial charge in [0.15, 0.2) is 5.82 Å². The van der Waals surface area contributed by atoms with Crippen LogP contribution in [0, 0.1) is 13.8 Å². The van der Waals surface area contributed by atoms with Gasteiger partial charge in [-0.25, -0.2) is 9.50 Å². The number of amides is 1. The molecule has 0 fully saturated rings. The van der Waals surface area contributed by atoms with E-state index in [0.29, 0.717) is 31.0 Å². The standard InChI is InChI=1S/C18H22N6O.ClH/c1-12-15(13(2)24-18(21-12)22-16(10-19)23-24)8-9-17(25)20-11-14-6-4-3-5-7-14;/h3-7H,8-11,19H2,1-2H3,(H,20,25);1H. The third-order valence-corrected chi connectivity index (χ3v) is 4.21. The van der Waals surface area contributed by atoms with Gasteiger partial charge in [-0.05, 0) is 31.4 Å². The zero-order valence-electron chi connectivity index (χ0n) is 14.9.